The molecule has 1 aliphatic rings. The van der Waals surface area contributed by atoms with Gasteiger partial charge in [-0.2, -0.15) is 5.10 Å². The fourth-order valence-electron chi connectivity index (χ4n) is 2.59. The van der Waals surface area contributed by atoms with E-state index in [2.05, 4.69) is 26.9 Å². The summed E-state index contributed by atoms with van der Waals surface area (Å²) in [5.74, 6) is 1.65. The van der Waals surface area contributed by atoms with Crippen molar-refractivity contribution in [3.63, 3.8) is 0 Å². The molecule has 0 bridgehead atoms. The fraction of sp³-hybridized carbons (Fsp3) is 0.385. The summed E-state index contributed by atoms with van der Waals surface area (Å²) in [6.07, 6.45) is 5.07. The van der Waals surface area contributed by atoms with Crippen LogP contribution in [0.5, 0.6) is 0 Å². The number of benzene rings is 1. The summed E-state index contributed by atoms with van der Waals surface area (Å²) >= 11 is 5.34. The van der Waals surface area contributed by atoms with Gasteiger partial charge in [-0.1, -0.05) is 31.0 Å². The van der Waals surface area contributed by atoms with Crippen LogP contribution < -0.4 is 0 Å². The third-order valence-electron chi connectivity index (χ3n) is 3.43. The van der Waals surface area contributed by atoms with Gasteiger partial charge < -0.3 is 0 Å². The van der Waals surface area contributed by atoms with Crippen molar-refractivity contribution in [2.24, 2.45) is 0 Å². The number of aromatic nitrogens is 3. The molecule has 0 unspecified atom stereocenters. The van der Waals surface area contributed by atoms with Crippen LogP contribution in [0.3, 0.4) is 0 Å². The quantitative estimate of drug-likeness (QED) is 0.820. The highest BCUT2D eigenvalue weighted by molar-refractivity contribution is 7.71. The number of para-hydroxylation sites is 1. The van der Waals surface area contributed by atoms with Gasteiger partial charge in [0, 0.05) is 11.6 Å². The average Bonchev–Trinajstić information content (AvgIpc) is 2.98. The van der Waals surface area contributed by atoms with E-state index < -0.39 is 0 Å². The zero-order valence-corrected chi connectivity index (χ0v) is 10.4. The van der Waals surface area contributed by atoms with Crippen LogP contribution in [0, 0.1) is 4.77 Å². The Balaban J connectivity index is 2.09. The highest BCUT2D eigenvalue weighted by Gasteiger charge is 2.23. The molecule has 17 heavy (non-hydrogen) atoms. The first-order valence-corrected chi connectivity index (χ1v) is 6.50. The Morgan fingerprint density at radius 1 is 1.18 bits per heavy atom. The topological polar surface area (TPSA) is 33.6 Å². The summed E-state index contributed by atoms with van der Waals surface area (Å²) in [6, 6.07) is 10.2. The summed E-state index contributed by atoms with van der Waals surface area (Å²) in [5, 5.41) is 7.35. The molecule has 0 aliphatic heterocycles. The first-order chi connectivity index (χ1) is 8.36. The number of nitrogens with one attached hydrogen (secondary N) is 1. The van der Waals surface area contributed by atoms with Gasteiger partial charge >= 0.3 is 0 Å². The third kappa shape index (κ3) is 1.93. The lowest BCUT2D eigenvalue weighted by atomic mass is 10.1. The Kier molecular flexibility index (Phi) is 2.81. The van der Waals surface area contributed by atoms with Crippen LogP contribution >= 0.6 is 12.2 Å². The minimum Gasteiger partial charge on any atom is -0.272 e. The zero-order chi connectivity index (χ0) is 11.7. The standard InChI is InChI=1S/C13H15N3S/c17-13-15-14-12(10-6-4-5-7-10)16(13)11-8-2-1-3-9-11/h1-3,8-10H,4-7H2,(H,15,17). The molecule has 1 saturated carbocycles. The zero-order valence-electron chi connectivity index (χ0n) is 9.60. The maximum Gasteiger partial charge on any atom is 0.199 e. The molecule has 1 aromatic heterocycles. The number of nitrogens with zero attached hydrogens (tertiary/aromatic N) is 2. The highest BCUT2D eigenvalue weighted by Crippen LogP contribution is 2.33. The largest absolute Gasteiger partial charge is 0.272 e. The van der Waals surface area contributed by atoms with Crippen LogP contribution in [0.4, 0.5) is 0 Å². The van der Waals surface area contributed by atoms with Crippen molar-refractivity contribution in [2.75, 3.05) is 0 Å². The van der Waals surface area contributed by atoms with Crippen molar-refractivity contribution in [1.29, 1.82) is 0 Å². The van der Waals surface area contributed by atoms with E-state index in [0.717, 1.165) is 11.5 Å². The molecule has 88 valence electrons. The molecule has 1 heterocycles. The Morgan fingerprint density at radius 2 is 1.88 bits per heavy atom. The normalized spacial score (nSPS) is 16.5. The molecule has 4 heteroatoms. The summed E-state index contributed by atoms with van der Waals surface area (Å²) in [6.45, 7) is 0. The molecule has 1 fully saturated rings. The van der Waals surface area contributed by atoms with Crippen LogP contribution in [-0.4, -0.2) is 14.8 Å². The SMILES string of the molecule is S=c1[nH]nc(C2CCCC2)n1-c1ccccc1. The smallest absolute Gasteiger partial charge is 0.199 e. The second-order valence-corrected chi connectivity index (χ2v) is 4.93. The molecule has 0 atom stereocenters. The molecular formula is C13H15N3S. The number of H-pyrrole nitrogens is 1. The van der Waals surface area contributed by atoms with E-state index >= 15 is 0 Å². The molecular weight excluding hydrogens is 230 g/mol. The summed E-state index contributed by atoms with van der Waals surface area (Å²) in [5.41, 5.74) is 1.10. The predicted molar refractivity (Wildman–Crippen MR) is 70.0 cm³/mol. The maximum absolute atomic E-state index is 5.34. The Labute approximate surface area is 105 Å². The van der Waals surface area contributed by atoms with Gasteiger partial charge in [0.05, 0.1) is 0 Å². The highest BCUT2D eigenvalue weighted by atomic mass is 32.1. The van der Waals surface area contributed by atoms with Crippen LogP contribution in [0.2, 0.25) is 0 Å². The second-order valence-electron chi connectivity index (χ2n) is 4.54. The summed E-state index contributed by atoms with van der Waals surface area (Å²) in [7, 11) is 0. The fourth-order valence-corrected chi connectivity index (χ4v) is 2.84. The van der Waals surface area contributed by atoms with Crippen LogP contribution in [-0.2, 0) is 0 Å². The van der Waals surface area contributed by atoms with Gasteiger partial charge in [-0.25, -0.2) is 0 Å². The van der Waals surface area contributed by atoms with Gasteiger partial charge in [-0.3, -0.25) is 9.67 Å². The molecule has 2 aromatic rings. The lowest BCUT2D eigenvalue weighted by Crippen LogP contribution is -2.05. The lowest BCUT2D eigenvalue weighted by Gasteiger charge is -2.11. The van der Waals surface area contributed by atoms with E-state index in [9.17, 15) is 0 Å². The van der Waals surface area contributed by atoms with Gasteiger partial charge in [-0.15, -0.1) is 0 Å². The lowest BCUT2D eigenvalue weighted by molar-refractivity contribution is 0.650. The van der Waals surface area contributed by atoms with E-state index in [-0.39, 0.29) is 0 Å². The van der Waals surface area contributed by atoms with Gasteiger partial charge in [0.15, 0.2) is 4.77 Å². The minimum absolute atomic E-state index is 0.558. The minimum atomic E-state index is 0.558. The van der Waals surface area contributed by atoms with Crippen molar-refractivity contribution in [3.05, 3.63) is 40.9 Å². The van der Waals surface area contributed by atoms with Crippen molar-refractivity contribution in [2.45, 2.75) is 31.6 Å². The second kappa shape index (κ2) is 4.45. The van der Waals surface area contributed by atoms with E-state index in [0.29, 0.717) is 10.7 Å². The monoisotopic (exact) mass is 245 g/mol. The number of rotatable bonds is 2. The van der Waals surface area contributed by atoms with Gasteiger partial charge in [0.2, 0.25) is 0 Å². The molecule has 0 saturated heterocycles. The van der Waals surface area contributed by atoms with E-state index in [1.807, 2.05) is 18.2 Å². The van der Waals surface area contributed by atoms with Gasteiger partial charge in [0.25, 0.3) is 0 Å². The van der Waals surface area contributed by atoms with Crippen LogP contribution in [0.25, 0.3) is 5.69 Å². The van der Waals surface area contributed by atoms with Crippen molar-refractivity contribution >= 4 is 12.2 Å². The molecule has 1 aromatic carbocycles. The molecule has 3 rings (SSSR count). The summed E-state index contributed by atoms with van der Waals surface area (Å²) < 4.78 is 2.77. The summed E-state index contributed by atoms with van der Waals surface area (Å²) in [4.78, 5) is 0. The van der Waals surface area contributed by atoms with Crippen molar-refractivity contribution in [1.82, 2.24) is 14.8 Å². The Morgan fingerprint density at radius 3 is 2.59 bits per heavy atom. The van der Waals surface area contributed by atoms with E-state index in [1.165, 1.54) is 25.7 Å². The first-order valence-electron chi connectivity index (χ1n) is 6.09. The molecule has 1 N–H and O–H groups in total. The maximum atomic E-state index is 5.34. The first kappa shape index (κ1) is 10.7. The van der Waals surface area contributed by atoms with Gasteiger partial charge in [0.1, 0.15) is 5.82 Å². The third-order valence-corrected chi connectivity index (χ3v) is 3.71. The van der Waals surface area contributed by atoms with Crippen LogP contribution in [0.15, 0.2) is 30.3 Å². The van der Waals surface area contributed by atoms with Crippen LogP contribution in [0.1, 0.15) is 37.4 Å². The average molecular weight is 245 g/mol. The Bertz CT molecular complexity index is 550. The van der Waals surface area contributed by atoms with Crippen molar-refractivity contribution in [3.8, 4) is 5.69 Å². The Hall–Kier alpha value is -1.42. The molecule has 0 amide bonds. The number of aromatic amines is 1. The molecule has 0 radical (unpaired) electrons. The van der Waals surface area contributed by atoms with E-state index in [4.69, 9.17) is 12.2 Å². The predicted octanol–water partition coefficient (Wildman–Crippen LogP) is 3.59. The molecule has 1 aliphatic carbocycles. The van der Waals surface area contributed by atoms with Crippen molar-refractivity contribution < 1.29 is 0 Å². The number of hydrogen-bond acceptors (Lipinski definition) is 2. The molecule has 3 nitrogen and oxygen atoms in total. The van der Waals surface area contributed by atoms with E-state index in [1.54, 1.807) is 0 Å². The number of hydrogen-bond donors (Lipinski definition) is 1. The van der Waals surface area contributed by atoms with Gasteiger partial charge in [-0.05, 0) is 37.2 Å². The molecule has 0 spiro atoms.